The largest absolute Gasteiger partial charge is 0.442 e. The fourth-order valence-electron chi connectivity index (χ4n) is 10.5. The van der Waals surface area contributed by atoms with Gasteiger partial charge in [-0.1, -0.05) is 108 Å². The van der Waals surface area contributed by atoms with E-state index in [2.05, 4.69) is 40.1 Å². The second kappa shape index (κ2) is 24.9. The molecule has 3 amide bonds. The Morgan fingerprint density at radius 2 is 1.42 bits per heavy atom. The summed E-state index contributed by atoms with van der Waals surface area (Å²) in [5.74, 6) is -0.220. The number of rotatable bonds is 22. The maximum atomic E-state index is 14.5. The fourth-order valence-corrected chi connectivity index (χ4v) is 10.5. The van der Waals surface area contributed by atoms with Crippen LogP contribution in [0.4, 0.5) is 4.79 Å². The highest BCUT2D eigenvalue weighted by Crippen LogP contribution is 2.28. The number of unbranched alkanes of at least 4 members (excludes halogenated alkanes) is 12. The van der Waals surface area contributed by atoms with E-state index in [9.17, 15) is 19.2 Å². The number of piperazine rings is 1. The molecule has 13 heteroatoms. The number of piperidine rings is 2. The van der Waals surface area contributed by atoms with Gasteiger partial charge in [-0.15, -0.1) is 0 Å². The number of H-pyrrole nitrogens is 1. The topological polar surface area (TPSA) is 136 Å². The number of aryl methyl sites for hydroxylation is 1. The second-order valence-corrected chi connectivity index (χ2v) is 19.7. The van der Waals surface area contributed by atoms with Crippen molar-refractivity contribution in [1.29, 1.82) is 0 Å². The summed E-state index contributed by atoms with van der Waals surface area (Å²) in [6.07, 6.45) is 22.7. The first-order valence-corrected chi connectivity index (χ1v) is 25.7. The summed E-state index contributed by atoms with van der Waals surface area (Å²) in [4.78, 5) is 66.0. The summed E-state index contributed by atoms with van der Waals surface area (Å²) < 4.78 is 7.31. The van der Waals surface area contributed by atoms with Gasteiger partial charge in [0.2, 0.25) is 5.91 Å². The summed E-state index contributed by atoms with van der Waals surface area (Å²) in [6, 6.07) is 13.4. The minimum Gasteiger partial charge on any atom is -0.442 e. The van der Waals surface area contributed by atoms with Gasteiger partial charge in [0.05, 0.1) is 5.52 Å². The Hall–Kier alpha value is -4.75. The van der Waals surface area contributed by atoms with Crippen molar-refractivity contribution < 1.29 is 19.1 Å². The lowest BCUT2D eigenvalue weighted by Gasteiger charge is -2.43. The van der Waals surface area contributed by atoms with Crippen LogP contribution < -0.4 is 10.9 Å². The fraction of sp³-hybridized carbons (Fsp3) is 0.642. The molecule has 1 atom stereocenters. The molecule has 0 spiro atoms. The Labute approximate surface area is 393 Å². The van der Waals surface area contributed by atoms with Gasteiger partial charge in [0.15, 0.2) is 6.73 Å². The third-order valence-corrected chi connectivity index (χ3v) is 14.6. The summed E-state index contributed by atoms with van der Waals surface area (Å²) >= 11 is 0. The molecule has 2 N–H and O–H groups in total. The van der Waals surface area contributed by atoms with Crippen LogP contribution in [-0.4, -0.2) is 124 Å². The van der Waals surface area contributed by atoms with E-state index >= 15 is 0 Å². The molecule has 2 aromatic heterocycles. The normalized spacial score (nSPS) is 17.4. The number of carbonyl (C=O) groups excluding carboxylic acids is 3. The van der Waals surface area contributed by atoms with Gasteiger partial charge in [-0.05, 0) is 99.8 Å². The summed E-state index contributed by atoms with van der Waals surface area (Å²) in [6.45, 7) is 10.4. The van der Waals surface area contributed by atoms with Crippen LogP contribution >= 0.6 is 0 Å². The molecule has 4 aromatic rings. The number of fused-ring (bicyclic) bond motifs is 2. The minimum atomic E-state index is -0.758. The Morgan fingerprint density at radius 3 is 2.11 bits per heavy atom. The number of pyridine rings is 1. The van der Waals surface area contributed by atoms with Crippen molar-refractivity contribution in [2.45, 2.75) is 161 Å². The predicted molar refractivity (Wildman–Crippen MR) is 264 cm³/mol. The number of nitrogens with zero attached hydrogens (tertiary/aromatic N) is 6. The Kier molecular flexibility index (Phi) is 18.5. The molecular formula is C53H78N8O5. The summed E-state index contributed by atoms with van der Waals surface area (Å²) in [5.41, 5.74) is 4.21. The molecule has 7 rings (SSSR count). The van der Waals surface area contributed by atoms with Gasteiger partial charge in [0, 0.05) is 80.8 Å². The highest BCUT2D eigenvalue weighted by molar-refractivity contribution is 5.88. The molecule has 360 valence electrons. The van der Waals surface area contributed by atoms with Crippen molar-refractivity contribution in [2.75, 3.05) is 59.4 Å². The molecular weight excluding hydrogens is 829 g/mol. The maximum absolute atomic E-state index is 14.5. The number of para-hydroxylation sites is 1. The number of amides is 3. The van der Waals surface area contributed by atoms with E-state index in [4.69, 9.17) is 9.84 Å². The third-order valence-electron chi connectivity index (χ3n) is 14.6. The highest BCUT2D eigenvalue weighted by atomic mass is 16.5. The Bertz CT molecular complexity index is 2230. The molecule has 66 heavy (non-hydrogen) atoms. The first-order valence-electron chi connectivity index (χ1n) is 25.7. The molecule has 3 fully saturated rings. The molecule has 0 bridgehead atoms. The first kappa shape index (κ1) is 49.2. The number of aromatic nitrogens is 3. The lowest BCUT2D eigenvalue weighted by atomic mass is 9.89. The standard InChI is InChI=1S/C53H78N8O5/c1-4-5-6-7-8-9-10-11-12-13-14-15-16-21-49(62)66-39-61-38-44-35-41(34-40(2)50(44)56-61)36-48(52(64)59-32-30-58(31-33-59)45-24-26-57(3)27-25-45)55-53(65)60-28-22-42(23-29-60)46-37-43-19-17-18-20-47(43)54-51(46)63/h17-20,34-35,37-38,42,45,48H,4-16,21-33,36,39H2,1-3H3,(H,54,63)(H,55,65). The van der Waals surface area contributed by atoms with Gasteiger partial charge in [0.25, 0.3) is 5.56 Å². The number of urea groups is 1. The van der Waals surface area contributed by atoms with Gasteiger partial charge in [-0.25, -0.2) is 9.48 Å². The van der Waals surface area contributed by atoms with Crippen molar-refractivity contribution in [3.8, 4) is 0 Å². The monoisotopic (exact) mass is 907 g/mol. The second-order valence-electron chi connectivity index (χ2n) is 19.7. The number of hydrogen-bond donors (Lipinski definition) is 2. The maximum Gasteiger partial charge on any atom is 0.318 e. The van der Waals surface area contributed by atoms with Crippen LogP contribution in [0.1, 0.15) is 145 Å². The highest BCUT2D eigenvalue weighted by Gasteiger charge is 2.34. The molecule has 0 radical (unpaired) electrons. The van der Waals surface area contributed by atoms with Gasteiger partial charge in [-0.3, -0.25) is 19.3 Å². The third kappa shape index (κ3) is 13.9. The van der Waals surface area contributed by atoms with Crippen molar-refractivity contribution in [1.82, 2.24) is 39.7 Å². The van der Waals surface area contributed by atoms with Crippen LogP contribution in [0, 0.1) is 6.92 Å². The van der Waals surface area contributed by atoms with Gasteiger partial charge >= 0.3 is 12.0 Å². The zero-order valence-corrected chi connectivity index (χ0v) is 40.4. The van der Waals surface area contributed by atoms with E-state index in [1.54, 1.807) is 9.58 Å². The van der Waals surface area contributed by atoms with Crippen LogP contribution in [0.5, 0.6) is 0 Å². The van der Waals surface area contributed by atoms with Crippen LogP contribution in [0.2, 0.25) is 0 Å². The quantitative estimate of drug-likeness (QED) is 0.0590. The van der Waals surface area contributed by atoms with Crippen LogP contribution in [-0.2, 0) is 27.5 Å². The van der Waals surface area contributed by atoms with Gasteiger partial charge < -0.3 is 29.7 Å². The average molecular weight is 907 g/mol. The molecule has 3 saturated heterocycles. The predicted octanol–water partition coefficient (Wildman–Crippen LogP) is 8.91. The zero-order chi connectivity index (χ0) is 46.3. The molecule has 0 aliphatic carbocycles. The number of esters is 1. The van der Waals surface area contributed by atoms with Crippen LogP contribution in [0.3, 0.4) is 0 Å². The number of nitrogens with one attached hydrogen (secondary N) is 2. The Morgan fingerprint density at radius 1 is 0.773 bits per heavy atom. The van der Waals surface area contributed by atoms with Crippen molar-refractivity contribution in [2.24, 2.45) is 0 Å². The van der Waals surface area contributed by atoms with Crippen molar-refractivity contribution in [3.05, 3.63) is 75.7 Å². The summed E-state index contributed by atoms with van der Waals surface area (Å²) in [5, 5.41) is 9.83. The molecule has 5 heterocycles. The number of benzene rings is 2. The van der Waals surface area contributed by atoms with Gasteiger partial charge in [-0.2, -0.15) is 5.10 Å². The molecule has 3 aliphatic heterocycles. The number of likely N-dealkylation sites (tertiary alicyclic amines) is 2. The number of ether oxygens (including phenoxy) is 1. The lowest BCUT2D eigenvalue weighted by molar-refractivity contribution is -0.148. The molecule has 13 nitrogen and oxygen atoms in total. The lowest BCUT2D eigenvalue weighted by Crippen LogP contribution is -2.59. The summed E-state index contributed by atoms with van der Waals surface area (Å²) in [7, 11) is 2.18. The smallest absolute Gasteiger partial charge is 0.318 e. The molecule has 2 aromatic carbocycles. The van der Waals surface area contributed by atoms with Crippen molar-refractivity contribution >= 4 is 39.7 Å². The average Bonchev–Trinajstić information content (AvgIpc) is 3.75. The zero-order valence-electron chi connectivity index (χ0n) is 40.4. The van der Waals surface area contributed by atoms with E-state index in [1.165, 1.54) is 64.2 Å². The Balaban J connectivity index is 0.922. The van der Waals surface area contributed by atoms with Crippen molar-refractivity contribution in [3.63, 3.8) is 0 Å². The minimum absolute atomic E-state index is 0.0453. The number of aromatic amines is 1. The number of carbonyl (C=O) groups is 3. The first-order chi connectivity index (χ1) is 32.1. The van der Waals surface area contributed by atoms with E-state index < -0.39 is 6.04 Å². The van der Waals surface area contributed by atoms with E-state index in [0.717, 1.165) is 96.8 Å². The van der Waals surface area contributed by atoms with Crippen LogP contribution in [0.25, 0.3) is 21.8 Å². The van der Waals surface area contributed by atoms with E-state index in [0.29, 0.717) is 57.9 Å². The van der Waals surface area contributed by atoms with Crippen LogP contribution in [0.15, 0.2) is 53.5 Å². The molecule has 0 saturated carbocycles. The SMILES string of the molecule is CCCCCCCCCCCCCCCC(=O)OCn1cc2cc(CC(NC(=O)N3CCC(c4cc5ccccc5[nH]c4=O)CC3)C(=O)N3CCN(C4CCN(C)CC4)CC3)cc(C)c2n1. The number of hydrogen-bond acceptors (Lipinski definition) is 8. The van der Waals surface area contributed by atoms with E-state index in [1.807, 2.05) is 54.4 Å². The van der Waals surface area contributed by atoms with Gasteiger partial charge in [0.1, 0.15) is 6.04 Å². The van der Waals surface area contributed by atoms with E-state index in [-0.39, 0.29) is 36.1 Å². The molecule has 3 aliphatic rings. The molecule has 1 unspecified atom stereocenters.